The molecule has 6 rings (SSSR count). The number of pyridine rings is 1. The van der Waals surface area contributed by atoms with Crippen molar-refractivity contribution in [1.29, 1.82) is 0 Å². The zero-order valence-corrected chi connectivity index (χ0v) is 20.2. The number of rotatable bonds is 7. The zero-order chi connectivity index (χ0) is 24.3. The lowest BCUT2D eigenvalue weighted by molar-refractivity contribution is -0.116. The van der Waals surface area contributed by atoms with Gasteiger partial charge in [0.25, 0.3) is 0 Å². The Morgan fingerprint density at radius 1 is 0.944 bits per heavy atom. The van der Waals surface area contributed by atoms with Crippen molar-refractivity contribution in [2.45, 2.75) is 25.7 Å². The molecule has 2 aromatic carbocycles. The third kappa shape index (κ3) is 4.90. The van der Waals surface area contributed by atoms with E-state index in [4.69, 9.17) is 19.6 Å². The molecule has 0 bridgehead atoms. The van der Waals surface area contributed by atoms with Gasteiger partial charge in [0.15, 0.2) is 23.0 Å². The fourth-order valence-corrected chi connectivity index (χ4v) is 4.88. The number of nitrogens with one attached hydrogen (secondary N) is 1. The standard InChI is InChI=1S/C28H29N5O3/c34-28(11-14-32-12-1-2-13-32)29-22-6-3-5-20(17-22)18-26-30-27-8-4-7-23(33(27)31-26)21-9-10-24-25(19-21)36-16-15-35-24/h3-10,17,19H,1-2,11-16,18H2,(H,29,34). The first-order valence-electron chi connectivity index (χ1n) is 12.6. The molecular weight excluding hydrogens is 454 g/mol. The molecule has 2 aromatic heterocycles. The number of benzene rings is 2. The lowest BCUT2D eigenvalue weighted by Gasteiger charge is -2.19. The molecule has 36 heavy (non-hydrogen) atoms. The molecule has 0 radical (unpaired) electrons. The maximum absolute atomic E-state index is 12.4. The van der Waals surface area contributed by atoms with Crippen molar-refractivity contribution < 1.29 is 14.3 Å². The van der Waals surface area contributed by atoms with Gasteiger partial charge in [-0.15, -0.1) is 0 Å². The first-order valence-corrected chi connectivity index (χ1v) is 12.6. The van der Waals surface area contributed by atoms with Crippen LogP contribution in [0.15, 0.2) is 60.7 Å². The van der Waals surface area contributed by atoms with E-state index in [-0.39, 0.29) is 5.91 Å². The van der Waals surface area contributed by atoms with Gasteiger partial charge in [-0.1, -0.05) is 18.2 Å². The molecule has 4 aromatic rings. The van der Waals surface area contributed by atoms with E-state index in [0.717, 1.165) is 65.1 Å². The number of likely N-dealkylation sites (tertiary alicyclic amines) is 1. The molecule has 1 saturated heterocycles. The number of amides is 1. The number of carbonyl (C=O) groups is 1. The minimum atomic E-state index is 0.0500. The highest BCUT2D eigenvalue weighted by atomic mass is 16.6. The van der Waals surface area contributed by atoms with Crippen LogP contribution in [0, 0.1) is 0 Å². The summed E-state index contributed by atoms with van der Waals surface area (Å²) in [6.07, 6.45) is 3.55. The number of fused-ring (bicyclic) bond motifs is 2. The first kappa shape index (κ1) is 22.5. The molecule has 2 aliphatic heterocycles. The van der Waals surface area contributed by atoms with Crippen molar-refractivity contribution in [2.24, 2.45) is 0 Å². The second-order valence-electron chi connectivity index (χ2n) is 9.29. The number of hydrogen-bond acceptors (Lipinski definition) is 6. The van der Waals surface area contributed by atoms with Gasteiger partial charge >= 0.3 is 0 Å². The number of carbonyl (C=O) groups excluding carboxylic acids is 1. The predicted octanol–water partition coefficient (Wildman–Crippen LogP) is 4.18. The summed E-state index contributed by atoms with van der Waals surface area (Å²) in [4.78, 5) is 19.5. The summed E-state index contributed by atoms with van der Waals surface area (Å²) >= 11 is 0. The average molecular weight is 484 g/mol. The molecule has 0 atom stereocenters. The fraction of sp³-hybridized carbons (Fsp3) is 0.321. The van der Waals surface area contributed by atoms with Crippen LogP contribution in [0.25, 0.3) is 16.9 Å². The number of hydrogen-bond donors (Lipinski definition) is 1. The molecule has 0 spiro atoms. The van der Waals surface area contributed by atoms with Gasteiger partial charge in [-0.2, -0.15) is 5.10 Å². The maximum Gasteiger partial charge on any atom is 0.225 e. The topological polar surface area (TPSA) is 81.0 Å². The first-order chi connectivity index (χ1) is 17.7. The fourth-order valence-electron chi connectivity index (χ4n) is 4.88. The van der Waals surface area contributed by atoms with Crippen molar-refractivity contribution in [2.75, 3.05) is 38.2 Å². The number of aromatic nitrogens is 3. The van der Waals surface area contributed by atoms with Crippen LogP contribution in [0.2, 0.25) is 0 Å². The van der Waals surface area contributed by atoms with E-state index < -0.39 is 0 Å². The summed E-state index contributed by atoms with van der Waals surface area (Å²) in [5.74, 6) is 2.28. The highest BCUT2D eigenvalue weighted by molar-refractivity contribution is 5.90. The minimum Gasteiger partial charge on any atom is -0.486 e. The summed E-state index contributed by atoms with van der Waals surface area (Å²) in [7, 11) is 0. The van der Waals surface area contributed by atoms with Gasteiger partial charge in [-0.05, 0) is 74.0 Å². The number of anilines is 1. The van der Waals surface area contributed by atoms with Gasteiger partial charge in [-0.25, -0.2) is 9.50 Å². The van der Waals surface area contributed by atoms with Crippen LogP contribution < -0.4 is 14.8 Å². The quantitative estimate of drug-likeness (QED) is 0.425. The van der Waals surface area contributed by atoms with Crippen LogP contribution in [0.4, 0.5) is 5.69 Å². The predicted molar refractivity (Wildman–Crippen MR) is 138 cm³/mol. The van der Waals surface area contributed by atoms with Gasteiger partial charge < -0.3 is 19.7 Å². The second kappa shape index (κ2) is 9.99. The Morgan fingerprint density at radius 2 is 1.78 bits per heavy atom. The molecule has 8 nitrogen and oxygen atoms in total. The van der Waals surface area contributed by atoms with E-state index >= 15 is 0 Å². The summed E-state index contributed by atoms with van der Waals surface area (Å²) in [5.41, 5.74) is 4.55. The number of ether oxygens (including phenoxy) is 2. The summed E-state index contributed by atoms with van der Waals surface area (Å²) in [6, 6.07) is 19.8. The molecular formula is C28H29N5O3. The van der Waals surface area contributed by atoms with Crippen LogP contribution in [0.3, 0.4) is 0 Å². The molecule has 0 unspecified atom stereocenters. The molecule has 184 valence electrons. The Labute approximate surface area is 209 Å². The third-order valence-corrected chi connectivity index (χ3v) is 6.67. The lowest BCUT2D eigenvalue weighted by atomic mass is 10.1. The normalized spacial score (nSPS) is 15.3. The van der Waals surface area contributed by atoms with E-state index in [2.05, 4.69) is 10.2 Å². The summed E-state index contributed by atoms with van der Waals surface area (Å²) in [5, 5.41) is 7.84. The van der Waals surface area contributed by atoms with E-state index in [9.17, 15) is 4.79 Å². The molecule has 1 amide bonds. The van der Waals surface area contributed by atoms with E-state index in [0.29, 0.717) is 26.1 Å². The largest absolute Gasteiger partial charge is 0.486 e. The van der Waals surface area contributed by atoms with Gasteiger partial charge in [-0.3, -0.25) is 4.79 Å². The Balaban J connectivity index is 1.17. The smallest absolute Gasteiger partial charge is 0.225 e. The Morgan fingerprint density at radius 3 is 2.67 bits per heavy atom. The molecule has 1 N–H and O–H groups in total. The maximum atomic E-state index is 12.4. The zero-order valence-electron chi connectivity index (χ0n) is 20.2. The van der Waals surface area contributed by atoms with Crippen molar-refractivity contribution in [3.8, 4) is 22.8 Å². The minimum absolute atomic E-state index is 0.0500. The van der Waals surface area contributed by atoms with Crippen molar-refractivity contribution in [1.82, 2.24) is 19.5 Å². The molecule has 4 heterocycles. The van der Waals surface area contributed by atoms with E-state index in [1.165, 1.54) is 12.8 Å². The van der Waals surface area contributed by atoms with E-state index in [1.807, 2.05) is 65.2 Å². The summed E-state index contributed by atoms with van der Waals surface area (Å²) < 4.78 is 13.3. The molecule has 1 fully saturated rings. The number of nitrogens with zero attached hydrogens (tertiary/aromatic N) is 4. The van der Waals surface area contributed by atoms with Crippen LogP contribution in [0.5, 0.6) is 11.5 Å². The van der Waals surface area contributed by atoms with Gasteiger partial charge in [0.05, 0.1) is 5.69 Å². The Kier molecular flexibility index (Phi) is 6.26. The summed E-state index contributed by atoms with van der Waals surface area (Å²) in [6.45, 7) is 4.14. The highest BCUT2D eigenvalue weighted by Crippen LogP contribution is 2.34. The van der Waals surface area contributed by atoms with Gasteiger partial charge in [0.2, 0.25) is 5.91 Å². The van der Waals surface area contributed by atoms with Crippen molar-refractivity contribution in [3.05, 3.63) is 72.1 Å². The van der Waals surface area contributed by atoms with Crippen LogP contribution >= 0.6 is 0 Å². The van der Waals surface area contributed by atoms with Gasteiger partial charge in [0, 0.05) is 30.6 Å². The van der Waals surface area contributed by atoms with Crippen molar-refractivity contribution >= 4 is 17.2 Å². The van der Waals surface area contributed by atoms with Gasteiger partial charge in [0.1, 0.15) is 13.2 Å². The van der Waals surface area contributed by atoms with Crippen LogP contribution in [0.1, 0.15) is 30.7 Å². The monoisotopic (exact) mass is 483 g/mol. The molecule has 0 aliphatic carbocycles. The van der Waals surface area contributed by atoms with E-state index in [1.54, 1.807) is 0 Å². The Hall–Kier alpha value is -3.91. The van der Waals surface area contributed by atoms with Crippen LogP contribution in [-0.4, -0.2) is 58.3 Å². The average Bonchev–Trinajstić information content (AvgIpc) is 3.57. The lowest BCUT2D eigenvalue weighted by Crippen LogP contribution is -2.25. The molecule has 0 saturated carbocycles. The SMILES string of the molecule is O=C(CCN1CCCC1)Nc1cccc(Cc2nc3cccc(-c4ccc5c(c4)OCCO5)n3n2)c1. The third-order valence-electron chi connectivity index (χ3n) is 6.67. The van der Waals surface area contributed by atoms with Crippen molar-refractivity contribution in [3.63, 3.8) is 0 Å². The molecule has 8 heteroatoms. The molecule has 2 aliphatic rings. The Bertz CT molecular complexity index is 1390. The van der Waals surface area contributed by atoms with Crippen LogP contribution in [-0.2, 0) is 11.2 Å². The second-order valence-corrected chi connectivity index (χ2v) is 9.29. The highest BCUT2D eigenvalue weighted by Gasteiger charge is 2.16.